The summed E-state index contributed by atoms with van der Waals surface area (Å²) in [6, 6.07) is 0. The third-order valence-electron chi connectivity index (χ3n) is 1.54. The van der Waals surface area contributed by atoms with Crippen molar-refractivity contribution in [1.82, 2.24) is 19.6 Å². The van der Waals surface area contributed by atoms with Crippen molar-refractivity contribution in [2.45, 2.75) is 6.92 Å². The van der Waals surface area contributed by atoms with Gasteiger partial charge in [0.25, 0.3) is 5.78 Å². The Labute approximate surface area is 68.1 Å². The van der Waals surface area contributed by atoms with Gasteiger partial charge in [0.05, 0.1) is 5.56 Å². The van der Waals surface area contributed by atoms with Gasteiger partial charge in [0.15, 0.2) is 5.78 Å². The van der Waals surface area contributed by atoms with Crippen LogP contribution in [0.5, 0.6) is 0 Å². The van der Waals surface area contributed by atoms with E-state index in [2.05, 4.69) is 15.1 Å². The summed E-state index contributed by atoms with van der Waals surface area (Å²) in [6.45, 7) is 1.49. The highest BCUT2D eigenvalue weighted by molar-refractivity contribution is 5.93. The van der Waals surface area contributed by atoms with Crippen LogP contribution in [0.1, 0.15) is 17.3 Å². The molecule has 0 spiro atoms. The van der Waals surface area contributed by atoms with E-state index in [1.54, 1.807) is 6.20 Å². The lowest BCUT2D eigenvalue weighted by atomic mass is 10.2. The smallest absolute Gasteiger partial charge is 0.252 e. The Kier molecular flexibility index (Phi) is 1.36. The van der Waals surface area contributed by atoms with Gasteiger partial charge < -0.3 is 0 Å². The average molecular weight is 162 g/mol. The van der Waals surface area contributed by atoms with E-state index in [-0.39, 0.29) is 5.78 Å². The molecule has 2 rings (SSSR count). The zero-order chi connectivity index (χ0) is 8.55. The van der Waals surface area contributed by atoms with Crippen LogP contribution in [0.4, 0.5) is 0 Å². The second-order valence-corrected chi connectivity index (χ2v) is 2.40. The van der Waals surface area contributed by atoms with E-state index in [1.165, 1.54) is 24.0 Å². The molecule has 0 aliphatic carbocycles. The second kappa shape index (κ2) is 2.37. The van der Waals surface area contributed by atoms with Gasteiger partial charge in [0, 0.05) is 12.4 Å². The van der Waals surface area contributed by atoms with Crippen molar-refractivity contribution in [2.24, 2.45) is 0 Å². The normalized spacial score (nSPS) is 10.4. The minimum absolute atomic E-state index is 0.0279. The van der Waals surface area contributed by atoms with Gasteiger partial charge in [-0.25, -0.2) is 9.50 Å². The topological polar surface area (TPSA) is 60.2 Å². The molecule has 5 nitrogen and oxygen atoms in total. The quantitative estimate of drug-likeness (QED) is 0.567. The van der Waals surface area contributed by atoms with Crippen LogP contribution in [0.3, 0.4) is 0 Å². The number of ketones is 1. The van der Waals surface area contributed by atoms with Gasteiger partial charge >= 0.3 is 0 Å². The summed E-state index contributed by atoms with van der Waals surface area (Å²) in [6.07, 6.45) is 4.50. The third-order valence-corrected chi connectivity index (χ3v) is 1.54. The summed E-state index contributed by atoms with van der Waals surface area (Å²) >= 11 is 0. The number of carbonyl (C=O) groups is 1. The molecule has 0 saturated heterocycles. The highest BCUT2D eigenvalue weighted by atomic mass is 16.1. The monoisotopic (exact) mass is 162 g/mol. The van der Waals surface area contributed by atoms with Gasteiger partial charge in [-0.05, 0) is 6.92 Å². The summed E-state index contributed by atoms with van der Waals surface area (Å²) in [7, 11) is 0. The zero-order valence-corrected chi connectivity index (χ0v) is 6.43. The van der Waals surface area contributed by atoms with Gasteiger partial charge in [-0.1, -0.05) is 0 Å². The van der Waals surface area contributed by atoms with Crippen LogP contribution >= 0.6 is 0 Å². The lowest BCUT2D eigenvalue weighted by Gasteiger charge is -1.93. The number of fused-ring (bicyclic) bond motifs is 1. The summed E-state index contributed by atoms with van der Waals surface area (Å²) in [5, 5.41) is 3.85. The summed E-state index contributed by atoms with van der Waals surface area (Å²) in [5.41, 5.74) is 0.535. The zero-order valence-electron chi connectivity index (χ0n) is 6.43. The first-order chi connectivity index (χ1) is 5.77. The Morgan fingerprint density at radius 3 is 3.08 bits per heavy atom. The van der Waals surface area contributed by atoms with Crippen molar-refractivity contribution in [1.29, 1.82) is 0 Å². The molecular formula is C7H6N4O. The van der Waals surface area contributed by atoms with Gasteiger partial charge in [0.2, 0.25) is 0 Å². The fourth-order valence-electron chi connectivity index (χ4n) is 0.902. The van der Waals surface area contributed by atoms with Crippen molar-refractivity contribution >= 4 is 11.6 Å². The molecule has 60 valence electrons. The highest BCUT2D eigenvalue weighted by Gasteiger charge is 2.01. The number of hydrogen-bond donors (Lipinski definition) is 0. The number of aromatic nitrogens is 4. The van der Waals surface area contributed by atoms with E-state index in [1.807, 2.05) is 0 Å². The second-order valence-electron chi connectivity index (χ2n) is 2.40. The minimum Gasteiger partial charge on any atom is -0.294 e. The third kappa shape index (κ3) is 0.952. The molecule has 0 aromatic carbocycles. The maximum absolute atomic E-state index is 10.9. The first kappa shape index (κ1) is 6.90. The lowest BCUT2D eigenvalue weighted by Crippen LogP contribution is -1.98. The van der Waals surface area contributed by atoms with Crippen LogP contribution < -0.4 is 0 Å². The standard InChI is InChI=1S/C7H6N4O/c1-5(12)6-2-8-7-9-4-10-11(7)3-6/h2-4H,1H3. The van der Waals surface area contributed by atoms with Gasteiger partial charge in [0.1, 0.15) is 6.33 Å². The van der Waals surface area contributed by atoms with Crippen LogP contribution in [-0.4, -0.2) is 25.4 Å². The Bertz CT molecular complexity index is 434. The molecule has 2 heterocycles. The van der Waals surface area contributed by atoms with Gasteiger partial charge in [-0.15, -0.1) is 0 Å². The molecule has 5 heteroatoms. The summed E-state index contributed by atoms with van der Waals surface area (Å²) in [4.78, 5) is 18.7. The predicted octanol–water partition coefficient (Wildman–Crippen LogP) is 0.327. The number of hydrogen-bond acceptors (Lipinski definition) is 4. The van der Waals surface area contributed by atoms with Crippen LogP contribution in [0.15, 0.2) is 18.7 Å². The fourth-order valence-corrected chi connectivity index (χ4v) is 0.902. The average Bonchev–Trinajstić information content (AvgIpc) is 2.49. The molecule has 2 aromatic heterocycles. The fraction of sp³-hybridized carbons (Fsp3) is 0.143. The van der Waals surface area contributed by atoms with Crippen LogP contribution in [-0.2, 0) is 0 Å². The Morgan fingerprint density at radius 2 is 2.33 bits per heavy atom. The molecule has 0 atom stereocenters. The van der Waals surface area contributed by atoms with Crippen molar-refractivity contribution in [2.75, 3.05) is 0 Å². The van der Waals surface area contributed by atoms with E-state index < -0.39 is 0 Å². The van der Waals surface area contributed by atoms with E-state index in [0.717, 1.165) is 0 Å². The molecule has 0 fully saturated rings. The van der Waals surface area contributed by atoms with E-state index >= 15 is 0 Å². The van der Waals surface area contributed by atoms with Gasteiger partial charge in [-0.3, -0.25) is 4.79 Å². The van der Waals surface area contributed by atoms with Crippen LogP contribution in [0.25, 0.3) is 5.78 Å². The number of rotatable bonds is 1. The van der Waals surface area contributed by atoms with Crippen molar-refractivity contribution < 1.29 is 4.79 Å². The molecule has 2 aromatic rings. The molecule has 12 heavy (non-hydrogen) atoms. The molecule has 0 radical (unpaired) electrons. The number of carbonyl (C=O) groups excluding carboxylic acids is 1. The predicted molar refractivity (Wildman–Crippen MR) is 40.8 cm³/mol. The Morgan fingerprint density at radius 1 is 1.50 bits per heavy atom. The minimum atomic E-state index is -0.0279. The van der Waals surface area contributed by atoms with Crippen LogP contribution in [0.2, 0.25) is 0 Å². The maximum atomic E-state index is 10.9. The number of Topliss-reactive ketones (excluding diaryl/α,β-unsaturated/α-hetero) is 1. The Balaban J connectivity index is 2.68. The first-order valence-corrected chi connectivity index (χ1v) is 3.44. The Hall–Kier alpha value is -1.78. The van der Waals surface area contributed by atoms with Crippen LogP contribution in [0, 0.1) is 0 Å². The SMILES string of the molecule is CC(=O)c1cnc2ncnn2c1. The first-order valence-electron chi connectivity index (χ1n) is 3.44. The molecule has 0 aliphatic rings. The summed E-state index contributed by atoms with van der Waals surface area (Å²) < 4.78 is 1.47. The summed E-state index contributed by atoms with van der Waals surface area (Å²) in [5.74, 6) is 0.472. The van der Waals surface area contributed by atoms with E-state index in [9.17, 15) is 4.79 Å². The molecule has 0 saturated carbocycles. The van der Waals surface area contributed by atoms with Crippen molar-refractivity contribution in [3.8, 4) is 0 Å². The molecule has 0 aliphatic heterocycles. The number of nitrogens with zero attached hydrogens (tertiary/aromatic N) is 4. The van der Waals surface area contributed by atoms with E-state index in [4.69, 9.17) is 0 Å². The molecule has 0 bridgehead atoms. The van der Waals surface area contributed by atoms with E-state index in [0.29, 0.717) is 11.3 Å². The lowest BCUT2D eigenvalue weighted by molar-refractivity contribution is 0.101. The van der Waals surface area contributed by atoms with Crippen molar-refractivity contribution in [3.63, 3.8) is 0 Å². The molecule has 0 unspecified atom stereocenters. The molecule has 0 N–H and O–H groups in total. The maximum Gasteiger partial charge on any atom is 0.252 e. The highest BCUT2D eigenvalue weighted by Crippen LogP contribution is 1.99. The van der Waals surface area contributed by atoms with Gasteiger partial charge in [-0.2, -0.15) is 10.1 Å². The van der Waals surface area contributed by atoms with Crippen molar-refractivity contribution in [3.05, 3.63) is 24.3 Å². The molecule has 0 amide bonds. The largest absolute Gasteiger partial charge is 0.294 e. The molecular weight excluding hydrogens is 156 g/mol.